The van der Waals surface area contributed by atoms with Gasteiger partial charge in [0, 0.05) is 0 Å². The molecule has 0 aliphatic carbocycles. The average Bonchev–Trinajstić information content (AvgIpc) is 2.79. The van der Waals surface area contributed by atoms with Gasteiger partial charge in [-0.25, -0.2) is 0 Å². The molecule has 0 aliphatic heterocycles. The molecule has 0 radical (unpaired) electrons. The Morgan fingerprint density at radius 3 is 1.16 bits per heavy atom. The van der Waals surface area contributed by atoms with Gasteiger partial charge in [0.1, 0.15) is 0 Å². The first-order valence-corrected chi connectivity index (χ1v) is 28.9. The molecule has 0 rings (SSSR count). The zero-order chi connectivity index (χ0) is 23.4. The first kappa shape index (κ1) is 32.5. The number of hydrogen-bond acceptors (Lipinski definition) is 2. The van der Waals surface area contributed by atoms with Crippen LogP contribution in [0.1, 0.15) is 119 Å². The van der Waals surface area contributed by atoms with E-state index in [2.05, 4.69) is 51.7 Å². The minimum absolute atomic E-state index is 1.05. The predicted molar refractivity (Wildman–Crippen MR) is 148 cm³/mol. The van der Waals surface area contributed by atoms with Gasteiger partial charge in [0.25, 0.3) is 0 Å². The van der Waals surface area contributed by atoms with Crippen molar-refractivity contribution in [3.63, 3.8) is 0 Å². The molecule has 0 amide bonds. The van der Waals surface area contributed by atoms with Gasteiger partial charge < -0.3 is 0 Å². The molecule has 0 saturated heterocycles. The molecule has 0 atom stereocenters. The molecule has 4 heteroatoms. The standard InChI is InChI=1S/6C4H9.C3H7NO.2Sn/c6*1-3-4-2;1-4-2-3-5;;/h6*1,3-4H2,2H3;2-3H2,1H3;;/q;;;;;;-2;2*+1. The molecule has 0 aromatic heterocycles. The normalized spacial score (nSPS) is 12.8. The van der Waals surface area contributed by atoms with Crippen LogP contribution in [0, 0.1) is 0 Å². The summed E-state index contributed by atoms with van der Waals surface area (Å²) in [5.74, 6) is 0. The van der Waals surface area contributed by atoms with Gasteiger partial charge in [0.15, 0.2) is 0 Å². The maximum atomic E-state index is 7.12. The van der Waals surface area contributed by atoms with Crippen LogP contribution in [0.4, 0.5) is 0 Å². The second kappa shape index (κ2) is 20.9. The van der Waals surface area contributed by atoms with Crippen molar-refractivity contribution in [2.75, 3.05) is 20.2 Å². The van der Waals surface area contributed by atoms with Crippen molar-refractivity contribution in [3.05, 3.63) is 0 Å². The van der Waals surface area contributed by atoms with Gasteiger partial charge >= 0.3 is 209 Å². The summed E-state index contributed by atoms with van der Waals surface area (Å²) < 4.78 is 19.3. The summed E-state index contributed by atoms with van der Waals surface area (Å²) in [5, 5.41) is 0. The Kier molecular flexibility index (Phi) is 21.9. The molecular formula is C27H61NOSn2. The second-order valence-corrected chi connectivity index (χ2v) is 35.6. The minimum atomic E-state index is -2.44. The van der Waals surface area contributed by atoms with Crippen LogP contribution in [-0.4, -0.2) is 60.8 Å². The second-order valence-electron chi connectivity index (χ2n) is 10.3. The van der Waals surface area contributed by atoms with Crippen LogP contribution in [0.25, 0.3) is 0 Å². The zero-order valence-electron chi connectivity index (χ0n) is 23.0. The van der Waals surface area contributed by atoms with Crippen LogP contribution in [0.3, 0.4) is 0 Å². The topological polar surface area (TPSA) is 12.5 Å². The van der Waals surface area contributed by atoms with Crippen LogP contribution in [0.15, 0.2) is 0 Å². The molecule has 0 spiro atoms. The van der Waals surface area contributed by atoms with Crippen molar-refractivity contribution in [1.29, 1.82) is 0 Å². The molecule has 0 unspecified atom stereocenters. The summed E-state index contributed by atoms with van der Waals surface area (Å²) in [7, 11) is 2.52. The molecular weight excluding hydrogens is 592 g/mol. The third-order valence-corrected chi connectivity index (χ3v) is 37.0. The van der Waals surface area contributed by atoms with E-state index in [9.17, 15) is 0 Å². The van der Waals surface area contributed by atoms with Crippen LogP contribution < -0.4 is 0 Å². The number of rotatable bonds is 23. The fourth-order valence-electron chi connectivity index (χ4n) is 5.19. The Morgan fingerprint density at radius 2 is 0.839 bits per heavy atom. The van der Waals surface area contributed by atoms with Crippen molar-refractivity contribution < 1.29 is 3.07 Å². The number of likely N-dealkylation sites (N-methyl/N-ethyl adjacent to an activating group) is 1. The first-order chi connectivity index (χ1) is 15.0. The Bertz CT molecular complexity index is 348. The van der Waals surface area contributed by atoms with E-state index in [0.717, 1.165) is 6.61 Å². The van der Waals surface area contributed by atoms with Crippen LogP contribution in [0.5, 0.6) is 0 Å². The van der Waals surface area contributed by atoms with E-state index in [0.29, 0.717) is 0 Å². The average molecular weight is 653 g/mol. The van der Waals surface area contributed by atoms with Gasteiger partial charge in [-0.3, -0.25) is 0 Å². The quantitative estimate of drug-likeness (QED) is 0.102. The van der Waals surface area contributed by atoms with E-state index in [-0.39, 0.29) is 0 Å². The predicted octanol–water partition coefficient (Wildman–Crippen LogP) is 9.63. The summed E-state index contributed by atoms with van der Waals surface area (Å²) in [4.78, 5) is 0. The molecule has 0 aromatic rings. The van der Waals surface area contributed by atoms with Crippen LogP contribution in [0.2, 0.25) is 26.6 Å². The molecule has 2 nitrogen and oxygen atoms in total. The monoisotopic (exact) mass is 655 g/mol. The summed E-state index contributed by atoms with van der Waals surface area (Å²) >= 11 is -4.70. The summed E-state index contributed by atoms with van der Waals surface area (Å²) in [5.41, 5.74) is 0. The molecule has 31 heavy (non-hydrogen) atoms. The number of nitrogens with zero attached hydrogens (tertiary/aromatic N) is 1. The molecule has 0 heterocycles. The Morgan fingerprint density at radius 1 is 0.516 bits per heavy atom. The van der Waals surface area contributed by atoms with Gasteiger partial charge in [-0.15, -0.1) is 0 Å². The molecule has 0 N–H and O–H groups in total. The van der Waals surface area contributed by atoms with E-state index in [4.69, 9.17) is 3.07 Å². The van der Waals surface area contributed by atoms with Crippen LogP contribution in [-0.2, 0) is 3.07 Å². The van der Waals surface area contributed by atoms with E-state index in [1.165, 1.54) is 96.9 Å². The van der Waals surface area contributed by atoms with E-state index >= 15 is 0 Å². The van der Waals surface area contributed by atoms with Crippen molar-refractivity contribution in [2.24, 2.45) is 0 Å². The summed E-state index contributed by atoms with van der Waals surface area (Å²) in [6, 6.07) is 0. The van der Waals surface area contributed by atoms with Crippen molar-refractivity contribution >= 4 is 37.4 Å². The molecule has 0 aliphatic rings. The van der Waals surface area contributed by atoms with E-state index in [1.807, 2.05) is 0 Å². The Balaban J connectivity index is 5.26. The SMILES string of the molecule is CCC[CH2][Sn]([CH2]CCC)([CH2]CCC)[O]CC[N](C)[Sn]([CH2]CCC)([CH2]CCC)[CH2]CCC. The van der Waals surface area contributed by atoms with Gasteiger partial charge in [-0.1, -0.05) is 0 Å². The number of unbranched alkanes of at least 4 members (excludes halogenated alkanes) is 6. The molecule has 0 bridgehead atoms. The molecule has 188 valence electrons. The molecule has 0 aromatic carbocycles. The first-order valence-electron chi connectivity index (χ1n) is 14.3. The van der Waals surface area contributed by atoms with Gasteiger partial charge in [-0.05, 0) is 0 Å². The number of hydrogen-bond donors (Lipinski definition) is 0. The van der Waals surface area contributed by atoms with Gasteiger partial charge in [-0.2, -0.15) is 0 Å². The Labute approximate surface area is 207 Å². The summed E-state index contributed by atoms with van der Waals surface area (Å²) in [6.07, 6.45) is 16.7. The maximum absolute atomic E-state index is 7.12. The third kappa shape index (κ3) is 13.9. The Hall–Kier alpha value is 1.52. The third-order valence-electron chi connectivity index (χ3n) is 7.59. The van der Waals surface area contributed by atoms with Crippen molar-refractivity contribution in [1.82, 2.24) is 3.12 Å². The molecule has 0 saturated carbocycles. The molecule has 0 fully saturated rings. The van der Waals surface area contributed by atoms with E-state index in [1.54, 1.807) is 13.3 Å². The zero-order valence-corrected chi connectivity index (χ0v) is 28.7. The fraction of sp³-hybridized carbons (Fsp3) is 1.00. The van der Waals surface area contributed by atoms with Gasteiger partial charge in [0.05, 0.1) is 0 Å². The van der Waals surface area contributed by atoms with Gasteiger partial charge in [0.2, 0.25) is 0 Å². The van der Waals surface area contributed by atoms with Crippen molar-refractivity contribution in [3.8, 4) is 0 Å². The van der Waals surface area contributed by atoms with Crippen LogP contribution >= 0.6 is 0 Å². The van der Waals surface area contributed by atoms with E-state index < -0.39 is 37.4 Å². The fourth-order valence-corrected chi connectivity index (χ4v) is 34.3. The van der Waals surface area contributed by atoms with Crippen molar-refractivity contribution in [2.45, 2.75) is 145 Å². The summed E-state index contributed by atoms with van der Waals surface area (Å²) in [6.45, 7) is 16.5.